The van der Waals surface area contributed by atoms with Gasteiger partial charge in [-0.3, -0.25) is 4.79 Å². The van der Waals surface area contributed by atoms with Crippen molar-refractivity contribution in [1.29, 1.82) is 0 Å². The highest BCUT2D eigenvalue weighted by atomic mass is 32.1. The van der Waals surface area contributed by atoms with Gasteiger partial charge in [-0.25, -0.2) is 8.78 Å². The standard InChI is InChI=1S/C17H13F2N3O2S/c18-12-4-10(5-13(19)7-12)8-22-9-11(6-15(22)23)16-20-17(24-21-16)14-2-1-3-25-14/h1-5,7,11H,6,8-9H2. The molecule has 0 spiro atoms. The van der Waals surface area contributed by atoms with Crippen LogP contribution >= 0.6 is 11.3 Å². The Bertz CT molecular complexity index is 890. The highest BCUT2D eigenvalue weighted by Crippen LogP contribution is 2.30. The molecule has 1 saturated heterocycles. The molecule has 1 aliphatic heterocycles. The van der Waals surface area contributed by atoms with E-state index >= 15 is 0 Å². The smallest absolute Gasteiger partial charge is 0.267 e. The Morgan fingerprint density at radius 1 is 1.28 bits per heavy atom. The number of thiophene rings is 1. The minimum atomic E-state index is -0.656. The number of halogens is 2. The first-order valence-electron chi connectivity index (χ1n) is 7.69. The fourth-order valence-electron chi connectivity index (χ4n) is 2.92. The van der Waals surface area contributed by atoms with Gasteiger partial charge in [-0.05, 0) is 29.1 Å². The maximum atomic E-state index is 13.3. The molecule has 0 bridgehead atoms. The van der Waals surface area contributed by atoms with E-state index in [1.54, 1.807) is 4.90 Å². The molecule has 3 heterocycles. The van der Waals surface area contributed by atoms with Crippen LogP contribution in [0.1, 0.15) is 23.7 Å². The molecule has 1 amide bonds. The average molecular weight is 361 g/mol. The lowest BCUT2D eigenvalue weighted by molar-refractivity contribution is -0.128. The molecule has 8 heteroatoms. The van der Waals surface area contributed by atoms with E-state index in [9.17, 15) is 13.6 Å². The number of carbonyl (C=O) groups excluding carboxylic acids is 1. The number of carbonyl (C=O) groups is 1. The van der Waals surface area contributed by atoms with Crippen LogP contribution in [0.15, 0.2) is 40.2 Å². The lowest BCUT2D eigenvalue weighted by Gasteiger charge is -2.16. The first kappa shape index (κ1) is 15.9. The number of aromatic nitrogens is 2. The third-order valence-corrected chi connectivity index (χ3v) is 4.91. The topological polar surface area (TPSA) is 59.2 Å². The Morgan fingerprint density at radius 2 is 2.08 bits per heavy atom. The van der Waals surface area contributed by atoms with Gasteiger partial charge >= 0.3 is 0 Å². The van der Waals surface area contributed by atoms with Crippen molar-refractivity contribution in [2.45, 2.75) is 18.9 Å². The molecule has 3 aromatic rings. The molecule has 1 atom stereocenters. The van der Waals surface area contributed by atoms with Crippen LogP contribution in [0.4, 0.5) is 8.78 Å². The lowest BCUT2D eigenvalue weighted by atomic mass is 10.1. The Kier molecular flexibility index (Phi) is 4.04. The normalized spacial score (nSPS) is 17.4. The summed E-state index contributed by atoms with van der Waals surface area (Å²) in [6.45, 7) is 0.542. The minimum Gasteiger partial charge on any atom is -0.338 e. The van der Waals surface area contributed by atoms with Gasteiger partial charge in [-0.2, -0.15) is 4.98 Å². The molecule has 0 N–H and O–H groups in total. The van der Waals surface area contributed by atoms with Gasteiger partial charge in [-0.1, -0.05) is 11.2 Å². The Balaban J connectivity index is 1.48. The van der Waals surface area contributed by atoms with E-state index in [1.165, 1.54) is 23.5 Å². The number of amides is 1. The predicted octanol–water partition coefficient (Wildman–Crippen LogP) is 3.59. The lowest BCUT2D eigenvalue weighted by Crippen LogP contribution is -2.24. The first-order valence-corrected chi connectivity index (χ1v) is 8.56. The maximum Gasteiger partial charge on any atom is 0.267 e. The molecule has 5 nitrogen and oxygen atoms in total. The van der Waals surface area contributed by atoms with Crippen LogP contribution in [0.25, 0.3) is 10.8 Å². The number of likely N-dealkylation sites (tertiary alicyclic amines) is 1. The Labute approximate surface area is 145 Å². The zero-order valence-electron chi connectivity index (χ0n) is 13.0. The largest absolute Gasteiger partial charge is 0.338 e. The zero-order chi connectivity index (χ0) is 17.4. The van der Waals surface area contributed by atoms with Crippen molar-refractivity contribution in [3.8, 4) is 10.8 Å². The summed E-state index contributed by atoms with van der Waals surface area (Å²) < 4.78 is 31.9. The third kappa shape index (κ3) is 3.30. The van der Waals surface area contributed by atoms with E-state index < -0.39 is 11.6 Å². The minimum absolute atomic E-state index is 0.0999. The fraction of sp³-hybridized carbons (Fsp3) is 0.235. The van der Waals surface area contributed by atoms with E-state index in [2.05, 4.69) is 10.1 Å². The van der Waals surface area contributed by atoms with Crippen molar-refractivity contribution in [2.24, 2.45) is 0 Å². The van der Waals surface area contributed by atoms with Gasteiger partial charge in [0.1, 0.15) is 11.6 Å². The number of hydrogen-bond donors (Lipinski definition) is 0. The van der Waals surface area contributed by atoms with E-state index in [0.29, 0.717) is 23.8 Å². The van der Waals surface area contributed by atoms with Gasteiger partial charge < -0.3 is 9.42 Å². The average Bonchev–Trinajstić information content (AvgIpc) is 3.27. The van der Waals surface area contributed by atoms with Crippen LogP contribution in [0.2, 0.25) is 0 Å². The van der Waals surface area contributed by atoms with Crippen molar-refractivity contribution < 1.29 is 18.1 Å². The van der Waals surface area contributed by atoms with Gasteiger partial charge in [0.2, 0.25) is 5.91 Å². The van der Waals surface area contributed by atoms with Gasteiger partial charge in [-0.15, -0.1) is 11.3 Å². The molecule has 0 saturated carbocycles. The van der Waals surface area contributed by atoms with Crippen molar-refractivity contribution in [3.63, 3.8) is 0 Å². The van der Waals surface area contributed by atoms with E-state index in [-0.39, 0.29) is 24.8 Å². The third-order valence-electron chi connectivity index (χ3n) is 4.05. The molecule has 0 aliphatic carbocycles. The van der Waals surface area contributed by atoms with Gasteiger partial charge in [0.05, 0.1) is 4.88 Å². The van der Waals surface area contributed by atoms with E-state index in [0.717, 1.165) is 10.9 Å². The van der Waals surface area contributed by atoms with Crippen molar-refractivity contribution >= 4 is 17.2 Å². The van der Waals surface area contributed by atoms with Crippen LogP contribution in [0, 0.1) is 11.6 Å². The molecule has 1 aromatic carbocycles. The molecule has 1 aliphatic rings. The Hall–Kier alpha value is -2.61. The number of rotatable bonds is 4. The molecule has 1 fully saturated rings. The summed E-state index contributed by atoms with van der Waals surface area (Å²) >= 11 is 1.49. The summed E-state index contributed by atoms with van der Waals surface area (Å²) in [5, 5.41) is 5.89. The predicted molar refractivity (Wildman–Crippen MR) is 86.7 cm³/mol. The zero-order valence-corrected chi connectivity index (χ0v) is 13.8. The summed E-state index contributed by atoms with van der Waals surface area (Å²) in [5.74, 6) is -0.692. The van der Waals surface area contributed by atoms with Crippen LogP contribution in [-0.4, -0.2) is 27.5 Å². The summed E-state index contributed by atoms with van der Waals surface area (Å²) in [7, 11) is 0. The quantitative estimate of drug-likeness (QED) is 0.713. The van der Waals surface area contributed by atoms with Crippen LogP contribution < -0.4 is 0 Å². The van der Waals surface area contributed by atoms with E-state index in [1.807, 2.05) is 17.5 Å². The van der Waals surface area contributed by atoms with Crippen LogP contribution in [0.5, 0.6) is 0 Å². The second-order valence-corrected chi connectivity index (χ2v) is 6.84. The Morgan fingerprint density at radius 3 is 2.80 bits per heavy atom. The molecule has 2 aromatic heterocycles. The number of nitrogens with zero attached hydrogens (tertiary/aromatic N) is 3. The molecule has 1 unspecified atom stereocenters. The number of hydrogen-bond acceptors (Lipinski definition) is 5. The monoisotopic (exact) mass is 361 g/mol. The number of benzene rings is 1. The summed E-state index contributed by atoms with van der Waals surface area (Å²) in [4.78, 5) is 19.0. The fourth-order valence-corrected chi connectivity index (χ4v) is 3.57. The highest BCUT2D eigenvalue weighted by Gasteiger charge is 2.34. The molecule has 0 radical (unpaired) electrons. The van der Waals surface area contributed by atoms with Gasteiger partial charge in [0, 0.05) is 31.5 Å². The van der Waals surface area contributed by atoms with Gasteiger partial charge in [0.15, 0.2) is 5.82 Å². The van der Waals surface area contributed by atoms with Crippen LogP contribution in [-0.2, 0) is 11.3 Å². The highest BCUT2D eigenvalue weighted by molar-refractivity contribution is 7.13. The van der Waals surface area contributed by atoms with Crippen molar-refractivity contribution in [1.82, 2.24) is 15.0 Å². The first-order chi connectivity index (χ1) is 12.1. The second kappa shape index (κ2) is 6.36. The molecule has 25 heavy (non-hydrogen) atoms. The molecular weight excluding hydrogens is 348 g/mol. The van der Waals surface area contributed by atoms with Crippen molar-refractivity contribution in [3.05, 3.63) is 58.7 Å². The SMILES string of the molecule is O=C1CC(c2noc(-c3cccs3)n2)CN1Cc1cc(F)cc(F)c1. The molecular formula is C17H13F2N3O2S. The maximum absolute atomic E-state index is 13.3. The summed E-state index contributed by atoms with van der Waals surface area (Å²) in [5.41, 5.74) is 0.416. The molecule has 128 valence electrons. The molecule has 4 rings (SSSR count). The van der Waals surface area contributed by atoms with Gasteiger partial charge in [0.25, 0.3) is 5.89 Å². The second-order valence-electron chi connectivity index (χ2n) is 5.89. The summed E-state index contributed by atoms with van der Waals surface area (Å²) in [6, 6.07) is 7.04. The van der Waals surface area contributed by atoms with Crippen LogP contribution in [0.3, 0.4) is 0 Å². The van der Waals surface area contributed by atoms with Crippen molar-refractivity contribution in [2.75, 3.05) is 6.54 Å². The summed E-state index contributed by atoms with van der Waals surface area (Å²) in [6.07, 6.45) is 0.251. The van der Waals surface area contributed by atoms with E-state index in [4.69, 9.17) is 4.52 Å².